The van der Waals surface area contributed by atoms with E-state index >= 15 is 0 Å². The Morgan fingerprint density at radius 1 is 1.29 bits per heavy atom. The smallest absolute Gasteiger partial charge is 0.149 e. The van der Waals surface area contributed by atoms with Crippen LogP contribution in [0.3, 0.4) is 0 Å². The number of benzene rings is 1. The Bertz CT molecular complexity index is 462. The average molecular weight is 296 g/mol. The highest BCUT2D eigenvalue weighted by atomic mass is 19.1. The second-order valence-electron chi connectivity index (χ2n) is 6.68. The molecule has 1 N–H and O–H groups in total. The molecule has 0 saturated carbocycles. The molecule has 0 spiro atoms. The molecule has 0 aliphatic carbocycles. The van der Waals surface area contributed by atoms with Gasteiger partial charge in [0, 0.05) is 25.2 Å². The van der Waals surface area contributed by atoms with Crippen molar-refractivity contribution in [3.63, 3.8) is 0 Å². The molecular formula is C17H26F2N2. The minimum Gasteiger partial charge on any atom is -0.367 e. The molecule has 2 unspecified atom stereocenters. The van der Waals surface area contributed by atoms with Crippen LogP contribution in [0.5, 0.6) is 0 Å². The highest BCUT2D eigenvalue weighted by molar-refractivity contribution is 5.48. The van der Waals surface area contributed by atoms with Crippen LogP contribution in [-0.2, 0) is 0 Å². The van der Waals surface area contributed by atoms with Crippen LogP contribution < -0.4 is 10.2 Å². The second kappa shape index (κ2) is 7.21. The van der Waals surface area contributed by atoms with Crippen LogP contribution in [0.15, 0.2) is 18.2 Å². The van der Waals surface area contributed by atoms with Crippen molar-refractivity contribution < 1.29 is 8.78 Å². The zero-order chi connectivity index (χ0) is 15.4. The van der Waals surface area contributed by atoms with Crippen LogP contribution in [0.4, 0.5) is 14.5 Å². The number of piperidine rings is 1. The maximum atomic E-state index is 13.9. The van der Waals surface area contributed by atoms with Gasteiger partial charge in [-0.2, -0.15) is 0 Å². The summed E-state index contributed by atoms with van der Waals surface area (Å²) in [5, 5.41) is 3.58. The van der Waals surface area contributed by atoms with Crippen molar-refractivity contribution in [2.45, 2.75) is 39.7 Å². The fourth-order valence-corrected chi connectivity index (χ4v) is 3.01. The lowest BCUT2D eigenvalue weighted by molar-refractivity contribution is 0.342. The van der Waals surface area contributed by atoms with Gasteiger partial charge in [-0.05, 0) is 43.4 Å². The van der Waals surface area contributed by atoms with Crippen molar-refractivity contribution in [1.82, 2.24) is 5.32 Å². The third-order valence-corrected chi connectivity index (χ3v) is 4.06. The van der Waals surface area contributed by atoms with Gasteiger partial charge in [0.25, 0.3) is 0 Å². The van der Waals surface area contributed by atoms with Crippen molar-refractivity contribution in [2.24, 2.45) is 11.8 Å². The monoisotopic (exact) mass is 296 g/mol. The summed E-state index contributed by atoms with van der Waals surface area (Å²) in [5.41, 5.74) is 0.513. The van der Waals surface area contributed by atoms with Crippen LogP contribution in [0.25, 0.3) is 0 Å². The molecule has 2 rings (SSSR count). The Balaban J connectivity index is 1.99. The van der Waals surface area contributed by atoms with E-state index in [1.807, 2.05) is 4.90 Å². The lowest BCUT2D eigenvalue weighted by Gasteiger charge is -2.38. The fraction of sp³-hybridized carbons (Fsp3) is 0.647. The number of hydrogen-bond donors (Lipinski definition) is 1. The average Bonchev–Trinajstić information content (AvgIpc) is 2.37. The summed E-state index contributed by atoms with van der Waals surface area (Å²) in [6.45, 7) is 9.21. The van der Waals surface area contributed by atoms with Gasteiger partial charge in [-0.25, -0.2) is 8.78 Å². The van der Waals surface area contributed by atoms with Crippen molar-refractivity contribution in [3.05, 3.63) is 29.8 Å². The molecule has 0 aromatic heterocycles. The molecule has 2 nitrogen and oxygen atoms in total. The zero-order valence-corrected chi connectivity index (χ0v) is 13.2. The minimum atomic E-state index is -0.520. The molecule has 1 heterocycles. The molecule has 2 atom stereocenters. The van der Waals surface area contributed by atoms with E-state index in [4.69, 9.17) is 0 Å². The third kappa shape index (κ3) is 4.67. The van der Waals surface area contributed by atoms with Crippen LogP contribution in [0.1, 0.15) is 33.6 Å². The standard InChI is InChI=1S/C17H26F2N2/c1-12(2)6-7-20-15-8-13(3)10-21(11-15)17-5-4-14(18)9-16(17)19/h4-5,9,12-13,15,20H,6-8,10-11H2,1-3H3. The Hall–Kier alpha value is -1.16. The molecule has 1 aliphatic heterocycles. The van der Waals surface area contributed by atoms with Crippen molar-refractivity contribution in [2.75, 3.05) is 24.5 Å². The molecule has 1 aliphatic rings. The Morgan fingerprint density at radius 2 is 2.05 bits per heavy atom. The first kappa shape index (κ1) is 16.2. The molecule has 1 fully saturated rings. The summed E-state index contributed by atoms with van der Waals surface area (Å²) in [6, 6.07) is 4.22. The van der Waals surface area contributed by atoms with Gasteiger partial charge < -0.3 is 10.2 Å². The van der Waals surface area contributed by atoms with Crippen LogP contribution in [-0.4, -0.2) is 25.7 Å². The highest BCUT2D eigenvalue weighted by Gasteiger charge is 2.26. The highest BCUT2D eigenvalue weighted by Crippen LogP contribution is 2.26. The summed E-state index contributed by atoms with van der Waals surface area (Å²) in [5.74, 6) is 0.196. The first-order valence-electron chi connectivity index (χ1n) is 7.89. The summed E-state index contributed by atoms with van der Waals surface area (Å²) in [4.78, 5) is 2.04. The number of rotatable bonds is 5. The molecule has 1 aromatic carbocycles. The lowest BCUT2D eigenvalue weighted by atomic mass is 9.95. The maximum Gasteiger partial charge on any atom is 0.149 e. The van der Waals surface area contributed by atoms with Gasteiger partial charge >= 0.3 is 0 Å². The predicted molar refractivity (Wildman–Crippen MR) is 83.6 cm³/mol. The normalized spacial score (nSPS) is 22.9. The molecule has 0 bridgehead atoms. The topological polar surface area (TPSA) is 15.3 Å². The molecule has 118 valence electrons. The van der Waals surface area contributed by atoms with E-state index in [0.29, 0.717) is 23.6 Å². The summed E-state index contributed by atoms with van der Waals surface area (Å²) in [7, 11) is 0. The van der Waals surface area contributed by atoms with Crippen molar-refractivity contribution in [1.29, 1.82) is 0 Å². The second-order valence-corrected chi connectivity index (χ2v) is 6.68. The molecular weight excluding hydrogens is 270 g/mol. The number of halogens is 2. The third-order valence-electron chi connectivity index (χ3n) is 4.06. The zero-order valence-electron chi connectivity index (χ0n) is 13.2. The van der Waals surface area contributed by atoms with E-state index in [1.165, 1.54) is 6.07 Å². The SMILES string of the molecule is CC(C)CCNC1CC(C)CN(c2ccc(F)cc2F)C1. The van der Waals surface area contributed by atoms with E-state index < -0.39 is 11.6 Å². The van der Waals surface area contributed by atoms with Gasteiger partial charge in [-0.3, -0.25) is 0 Å². The number of hydrogen-bond acceptors (Lipinski definition) is 2. The van der Waals surface area contributed by atoms with Gasteiger partial charge in [-0.1, -0.05) is 20.8 Å². The molecule has 0 radical (unpaired) electrons. The van der Waals surface area contributed by atoms with E-state index in [2.05, 4.69) is 26.1 Å². The number of nitrogens with one attached hydrogen (secondary N) is 1. The van der Waals surface area contributed by atoms with Gasteiger partial charge in [-0.15, -0.1) is 0 Å². The van der Waals surface area contributed by atoms with Crippen molar-refractivity contribution >= 4 is 5.69 Å². The molecule has 1 saturated heterocycles. The first-order chi connectivity index (χ1) is 9.95. The molecule has 21 heavy (non-hydrogen) atoms. The van der Waals surface area contributed by atoms with E-state index in [-0.39, 0.29) is 0 Å². The summed E-state index contributed by atoms with van der Waals surface area (Å²) >= 11 is 0. The van der Waals surface area contributed by atoms with Gasteiger partial charge in [0.15, 0.2) is 0 Å². The molecule has 0 amide bonds. The fourth-order valence-electron chi connectivity index (χ4n) is 3.01. The Labute approximate surface area is 126 Å². The largest absolute Gasteiger partial charge is 0.367 e. The predicted octanol–water partition coefficient (Wildman–Crippen LogP) is 3.82. The van der Waals surface area contributed by atoms with Gasteiger partial charge in [0.1, 0.15) is 11.6 Å². The minimum absolute atomic E-state index is 0.372. The van der Waals surface area contributed by atoms with E-state index in [9.17, 15) is 8.78 Å². The number of nitrogens with zero attached hydrogens (tertiary/aromatic N) is 1. The molecule has 1 aromatic rings. The van der Waals surface area contributed by atoms with Crippen LogP contribution in [0.2, 0.25) is 0 Å². The van der Waals surface area contributed by atoms with Crippen LogP contribution >= 0.6 is 0 Å². The van der Waals surface area contributed by atoms with Crippen molar-refractivity contribution in [3.8, 4) is 0 Å². The molecule has 4 heteroatoms. The van der Waals surface area contributed by atoms with Gasteiger partial charge in [0.2, 0.25) is 0 Å². The Morgan fingerprint density at radius 3 is 2.71 bits per heavy atom. The van der Waals surface area contributed by atoms with Gasteiger partial charge in [0.05, 0.1) is 5.69 Å². The maximum absolute atomic E-state index is 13.9. The quantitative estimate of drug-likeness (QED) is 0.888. The first-order valence-corrected chi connectivity index (χ1v) is 7.89. The number of anilines is 1. The van der Waals surface area contributed by atoms with E-state index in [0.717, 1.165) is 38.5 Å². The summed E-state index contributed by atoms with van der Waals surface area (Å²) in [6.07, 6.45) is 2.26. The Kier molecular flexibility index (Phi) is 5.57. The van der Waals surface area contributed by atoms with E-state index in [1.54, 1.807) is 6.07 Å². The van der Waals surface area contributed by atoms with Crippen LogP contribution in [0, 0.1) is 23.5 Å². The summed E-state index contributed by atoms with van der Waals surface area (Å²) < 4.78 is 27.0. The lowest BCUT2D eigenvalue weighted by Crippen LogP contribution is -2.49.